The lowest BCUT2D eigenvalue weighted by Gasteiger charge is -2.16. The Bertz CT molecular complexity index is 1520. The Morgan fingerprint density at radius 2 is 1.44 bits per heavy atom. The third kappa shape index (κ3) is 6.33. The van der Waals surface area contributed by atoms with Gasteiger partial charge in [0.2, 0.25) is 0 Å². The number of ether oxygens (including phenoxy) is 2. The second-order valence-corrected chi connectivity index (χ2v) is 9.05. The Balaban J connectivity index is 1.30. The molecule has 5 rings (SSSR count). The fourth-order valence-corrected chi connectivity index (χ4v) is 4.59. The topological polar surface area (TPSA) is 59.9 Å². The van der Waals surface area contributed by atoms with Crippen LogP contribution in [0.5, 0.6) is 11.5 Å². The van der Waals surface area contributed by atoms with Crippen molar-refractivity contribution >= 4 is 22.9 Å². The number of amides is 1. The van der Waals surface area contributed by atoms with E-state index in [1.165, 1.54) is 10.8 Å². The Morgan fingerprint density at radius 1 is 0.769 bits per heavy atom. The van der Waals surface area contributed by atoms with Crippen molar-refractivity contribution in [3.63, 3.8) is 0 Å². The maximum atomic E-state index is 13.2. The number of hydrogen-bond donors (Lipinski definition) is 1. The van der Waals surface area contributed by atoms with Crippen molar-refractivity contribution in [1.82, 2.24) is 5.43 Å². The SMILES string of the molecule is CCOc1cc(/C=N/NC(=O)C(c2ccccc2)c2ccccc2)ccc1OCc1cccc2ccccc12. The van der Waals surface area contributed by atoms with Crippen LogP contribution in [0.3, 0.4) is 0 Å². The fourth-order valence-electron chi connectivity index (χ4n) is 4.59. The molecule has 0 saturated carbocycles. The van der Waals surface area contributed by atoms with E-state index >= 15 is 0 Å². The van der Waals surface area contributed by atoms with E-state index in [-0.39, 0.29) is 5.91 Å². The summed E-state index contributed by atoms with van der Waals surface area (Å²) in [5.74, 6) is 0.607. The first-order valence-corrected chi connectivity index (χ1v) is 13.0. The summed E-state index contributed by atoms with van der Waals surface area (Å²) in [5.41, 5.74) is 6.42. The normalized spacial score (nSPS) is 11.1. The standard InChI is InChI=1S/C34H30N2O3/c1-2-38-32-22-25(20-21-31(32)39-24-29-18-11-17-26-12-9-10-19-30(26)29)23-35-36-34(37)33(27-13-5-3-6-14-27)28-15-7-4-8-16-28/h3-23,33H,2,24H2,1H3,(H,36,37)/b35-23+. The molecule has 5 heteroatoms. The zero-order chi connectivity index (χ0) is 26.9. The minimum absolute atomic E-state index is 0.205. The number of benzene rings is 5. The van der Waals surface area contributed by atoms with E-state index in [4.69, 9.17) is 9.47 Å². The lowest BCUT2D eigenvalue weighted by molar-refractivity contribution is -0.121. The minimum Gasteiger partial charge on any atom is -0.490 e. The maximum absolute atomic E-state index is 13.2. The molecule has 1 N–H and O–H groups in total. The summed E-state index contributed by atoms with van der Waals surface area (Å²) in [5, 5.41) is 6.60. The number of rotatable bonds is 10. The molecule has 0 aliphatic rings. The number of carbonyl (C=O) groups excluding carboxylic acids is 1. The van der Waals surface area contributed by atoms with Crippen LogP contribution in [0.1, 0.15) is 35.1 Å². The van der Waals surface area contributed by atoms with Gasteiger partial charge in [-0.05, 0) is 58.1 Å². The zero-order valence-corrected chi connectivity index (χ0v) is 21.8. The highest BCUT2D eigenvalue weighted by molar-refractivity contribution is 5.89. The summed E-state index contributed by atoms with van der Waals surface area (Å²) >= 11 is 0. The molecule has 194 valence electrons. The minimum atomic E-state index is -0.464. The van der Waals surface area contributed by atoms with Crippen LogP contribution < -0.4 is 14.9 Å². The predicted molar refractivity (Wildman–Crippen MR) is 156 cm³/mol. The van der Waals surface area contributed by atoms with E-state index < -0.39 is 5.92 Å². The molecule has 0 saturated heterocycles. The molecular weight excluding hydrogens is 484 g/mol. The molecule has 5 aromatic rings. The molecule has 5 nitrogen and oxygen atoms in total. The molecule has 0 spiro atoms. The van der Waals surface area contributed by atoms with Gasteiger partial charge in [0.15, 0.2) is 11.5 Å². The molecule has 0 radical (unpaired) electrons. The van der Waals surface area contributed by atoms with E-state index in [0.29, 0.717) is 24.7 Å². The van der Waals surface area contributed by atoms with Gasteiger partial charge in [0.1, 0.15) is 6.61 Å². The van der Waals surface area contributed by atoms with Crippen molar-refractivity contribution < 1.29 is 14.3 Å². The quantitative estimate of drug-likeness (QED) is 0.160. The molecule has 0 atom stereocenters. The van der Waals surface area contributed by atoms with Crippen LogP contribution in [-0.4, -0.2) is 18.7 Å². The van der Waals surface area contributed by atoms with Gasteiger partial charge in [0.05, 0.1) is 18.7 Å². The summed E-state index contributed by atoms with van der Waals surface area (Å²) in [6.07, 6.45) is 1.61. The van der Waals surface area contributed by atoms with Gasteiger partial charge in [0.25, 0.3) is 5.91 Å². The largest absolute Gasteiger partial charge is 0.490 e. The monoisotopic (exact) mass is 514 g/mol. The second kappa shape index (κ2) is 12.6. The van der Waals surface area contributed by atoms with E-state index in [2.05, 4.69) is 34.8 Å². The molecule has 0 unspecified atom stereocenters. The van der Waals surface area contributed by atoms with Gasteiger partial charge >= 0.3 is 0 Å². The summed E-state index contributed by atoms with van der Waals surface area (Å²) in [6.45, 7) is 2.85. The van der Waals surface area contributed by atoms with Crippen LogP contribution in [0.15, 0.2) is 126 Å². The average Bonchev–Trinajstić information content (AvgIpc) is 2.98. The predicted octanol–water partition coefficient (Wildman–Crippen LogP) is 7.10. The number of fused-ring (bicyclic) bond motifs is 1. The van der Waals surface area contributed by atoms with Crippen molar-refractivity contribution in [2.45, 2.75) is 19.4 Å². The third-order valence-electron chi connectivity index (χ3n) is 6.45. The van der Waals surface area contributed by atoms with Crippen molar-refractivity contribution in [3.8, 4) is 11.5 Å². The van der Waals surface area contributed by atoms with Gasteiger partial charge in [-0.3, -0.25) is 4.79 Å². The Morgan fingerprint density at radius 3 is 2.15 bits per heavy atom. The second-order valence-electron chi connectivity index (χ2n) is 9.05. The molecule has 0 bridgehead atoms. The van der Waals surface area contributed by atoms with E-state index in [1.807, 2.05) is 104 Å². The van der Waals surface area contributed by atoms with E-state index in [9.17, 15) is 4.79 Å². The van der Waals surface area contributed by atoms with Gasteiger partial charge in [-0.25, -0.2) is 5.43 Å². The average molecular weight is 515 g/mol. The van der Waals surface area contributed by atoms with Crippen LogP contribution >= 0.6 is 0 Å². The highest BCUT2D eigenvalue weighted by atomic mass is 16.5. The molecule has 5 aromatic carbocycles. The third-order valence-corrected chi connectivity index (χ3v) is 6.45. The number of hydrazone groups is 1. The summed E-state index contributed by atoms with van der Waals surface area (Å²) < 4.78 is 12.0. The van der Waals surface area contributed by atoms with Crippen LogP contribution in [0.25, 0.3) is 10.8 Å². The Labute approximate surface area is 228 Å². The van der Waals surface area contributed by atoms with E-state index in [0.717, 1.165) is 22.3 Å². The summed E-state index contributed by atoms with van der Waals surface area (Å²) in [7, 11) is 0. The zero-order valence-electron chi connectivity index (χ0n) is 21.8. The molecule has 0 aliphatic heterocycles. The summed E-state index contributed by atoms with van der Waals surface area (Å²) in [4.78, 5) is 13.2. The maximum Gasteiger partial charge on any atom is 0.252 e. The molecular formula is C34H30N2O3. The van der Waals surface area contributed by atoms with Crippen molar-refractivity contribution in [1.29, 1.82) is 0 Å². The van der Waals surface area contributed by atoms with Gasteiger partial charge in [-0.1, -0.05) is 103 Å². The van der Waals surface area contributed by atoms with Crippen molar-refractivity contribution in [2.75, 3.05) is 6.61 Å². The molecule has 39 heavy (non-hydrogen) atoms. The number of carbonyl (C=O) groups is 1. The first-order valence-electron chi connectivity index (χ1n) is 13.0. The van der Waals surface area contributed by atoms with Crippen LogP contribution in [0.4, 0.5) is 0 Å². The van der Waals surface area contributed by atoms with Gasteiger partial charge in [-0.15, -0.1) is 0 Å². The Kier molecular flexibility index (Phi) is 8.29. The molecule has 0 fully saturated rings. The number of hydrogen-bond acceptors (Lipinski definition) is 4. The smallest absolute Gasteiger partial charge is 0.252 e. The number of nitrogens with zero attached hydrogens (tertiary/aromatic N) is 1. The van der Waals surface area contributed by atoms with Crippen molar-refractivity contribution in [2.24, 2.45) is 5.10 Å². The highest BCUT2D eigenvalue weighted by Gasteiger charge is 2.22. The number of nitrogens with one attached hydrogen (secondary N) is 1. The lowest BCUT2D eigenvalue weighted by Crippen LogP contribution is -2.26. The fraction of sp³-hybridized carbons (Fsp3) is 0.118. The van der Waals surface area contributed by atoms with Gasteiger partial charge in [0, 0.05) is 0 Å². The van der Waals surface area contributed by atoms with Crippen LogP contribution in [0.2, 0.25) is 0 Å². The highest BCUT2D eigenvalue weighted by Crippen LogP contribution is 2.30. The lowest BCUT2D eigenvalue weighted by atomic mass is 9.91. The molecule has 0 heterocycles. The van der Waals surface area contributed by atoms with Gasteiger partial charge in [-0.2, -0.15) is 5.10 Å². The first kappa shape index (κ1) is 25.7. The molecule has 0 aromatic heterocycles. The van der Waals surface area contributed by atoms with Crippen LogP contribution in [0, 0.1) is 0 Å². The van der Waals surface area contributed by atoms with Crippen molar-refractivity contribution in [3.05, 3.63) is 144 Å². The van der Waals surface area contributed by atoms with Crippen LogP contribution in [-0.2, 0) is 11.4 Å². The van der Waals surface area contributed by atoms with E-state index in [1.54, 1.807) is 6.21 Å². The Hall–Kier alpha value is -4.90. The van der Waals surface area contributed by atoms with Gasteiger partial charge < -0.3 is 9.47 Å². The molecule has 1 amide bonds. The first-order chi connectivity index (χ1) is 19.2. The summed E-state index contributed by atoms with van der Waals surface area (Å²) in [6, 6.07) is 39.5. The molecule has 0 aliphatic carbocycles.